The topological polar surface area (TPSA) is 411 Å². The van der Waals surface area contributed by atoms with Crippen LogP contribution in [0.25, 0.3) is 90.9 Å². The van der Waals surface area contributed by atoms with Gasteiger partial charge in [-0.05, 0) is 107 Å². The Morgan fingerprint density at radius 2 is 0.559 bits per heavy atom. The molecule has 14 N–H and O–H groups in total. The van der Waals surface area contributed by atoms with Crippen LogP contribution in [0.4, 0.5) is 0 Å². The minimum absolute atomic E-state index is 0.00754. The van der Waals surface area contributed by atoms with Gasteiger partial charge in [0.1, 0.15) is 110 Å². The Balaban J connectivity index is 0.817. The minimum atomic E-state index is -1.56. The van der Waals surface area contributed by atoms with Crippen LogP contribution in [-0.4, -0.2) is 272 Å². The van der Waals surface area contributed by atoms with Gasteiger partial charge in [0.2, 0.25) is 0 Å². The first-order chi connectivity index (χ1) is 49.7. The Bertz CT molecular complexity index is 3990. The van der Waals surface area contributed by atoms with Crippen LogP contribution in [0.15, 0.2) is 127 Å². The molecule has 5 aliphatic rings. The number of H-pyrrole nitrogens is 2. The van der Waals surface area contributed by atoms with Gasteiger partial charge >= 0.3 is 0 Å². The lowest BCUT2D eigenvalue weighted by Crippen LogP contribution is -2.59. The van der Waals surface area contributed by atoms with E-state index in [4.69, 9.17) is 66.8 Å². The van der Waals surface area contributed by atoms with Gasteiger partial charge < -0.3 is 128 Å². The normalized spacial score (nSPS) is 25.6. The molecule has 7 aromatic rings. The van der Waals surface area contributed by atoms with E-state index in [1.165, 1.54) is 0 Å². The fourth-order valence-corrected chi connectivity index (χ4v) is 12.4. The van der Waals surface area contributed by atoms with Crippen LogP contribution in [0.5, 0.6) is 17.2 Å². The number of hydrogen-bond donors (Lipinski definition) is 14. The van der Waals surface area contributed by atoms with Crippen LogP contribution >= 0.6 is 0 Å². The first kappa shape index (κ1) is 73.8. The summed E-state index contributed by atoms with van der Waals surface area (Å²) >= 11 is 0. The number of aliphatic hydroxyl groups is 12. The second kappa shape index (κ2) is 35.0. The molecule has 0 spiro atoms. The summed E-state index contributed by atoms with van der Waals surface area (Å²) in [7, 11) is 0. The van der Waals surface area contributed by atoms with Crippen molar-refractivity contribution in [2.45, 2.75) is 92.1 Å². The molecule has 0 aliphatic carbocycles. The highest BCUT2D eigenvalue weighted by molar-refractivity contribution is 6.00. The first-order valence-electron chi connectivity index (χ1n) is 33.6. The Morgan fingerprint density at radius 1 is 0.294 bits per heavy atom. The molecule has 28 nitrogen and oxygen atoms in total. The zero-order valence-corrected chi connectivity index (χ0v) is 55.4. The molecule has 5 aliphatic heterocycles. The van der Waals surface area contributed by atoms with Crippen molar-refractivity contribution in [1.82, 2.24) is 19.9 Å². The molecule has 8 heterocycles. The molecule has 0 amide bonds. The summed E-state index contributed by atoms with van der Waals surface area (Å²) in [5.74, 6) is 1.72. The number of aromatic nitrogens is 4. The van der Waals surface area contributed by atoms with Gasteiger partial charge in [-0.15, -0.1) is 0 Å². The number of aliphatic hydroxyl groups excluding tert-OH is 12. The quantitative estimate of drug-likeness (QED) is 0.0278. The first-order valence-corrected chi connectivity index (χ1v) is 33.6. The molecule has 28 heteroatoms. The van der Waals surface area contributed by atoms with Crippen molar-refractivity contribution < 1.29 is 118 Å². The number of nitrogens with zero attached hydrogens (tertiary/aromatic N) is 2. The van der Waals surface area contributed by atoms with Crippen molar-refractivity contribution in [3.8, 4) is 61.8 Å². The van der Waals surface area contributed by atoms with E-state index < -0.39 is 112 Å². The molecule has 3 saturated heterocycles. The number of fused-ring (bicyclic) bond motifs is 8. The smallest absolute Gasteiger partial charge is 0.186 e. The van der Waals surface area contributed by atoms with Gasteiger partial charge in [0, 0.05) is 44.3 Å². The third-order valence-electron chi connectivity index (χ3n) is 17.8. The van der Waals surface area contributed by atoms with Crippen LogP contribution in [0.1, 0.15) is 22.8 Å². The zero-order chi connectivity index (χ0) is 71.2. The molecule has 12 rings (SSSR count). The van der Waals surface area contributed by atoms with Crippen molar-refractivity contribution in [3.63, 3.8) is 0 Å². The fourth-order valence-electron chi connectivity index (χ4n) is 12.4. The summed E-state index contributed by atoms with van der Waals surface area (Å²) in [4.78, 5) is 18.4. The number of hydrogen-bond acceptors (Lipinski definition) is 26. The summed E-state index contributed by atoms with van der Waals surface area (Å²) in [6.07, 6.45) is -12.8. The molecule has 0 saturated carbocycles. The van der Waals surface area contributed by atoms with Crippen LogP contribution < -0.4 is 14.2 Å². The van der Waals surface area contributed by atoms with E-state index in [0.717, 1.165) is 66.6 Å². The molecule has 3 aromatic heterocycles. The third kappa shape index (κ3) is 17.3. The Labute approximate surface area is 585 Å². The molecule has 4 aromatic carbocycles. The van der Waals surface area contributed by atoms with Gasteiger partial charge in [0.05, 0.1) is 102 Å². The summed E-state index contributed by atoms with van der Waals surface area (Å²) < 4.78 is 68.4. The van der Waals surface area contributed by atoms with Crippen LogP contribution in [0.3, 0.4) is 0 Å². The second-order valence-corrected chi connectivity index (χ2v) is 24.5. The monoisotopic (exact) mass is 1410 g/mol. The molecular weight excluding hydrogens is 1330 g/mol. The van der Waals surface area contributed by atoms with Crippen LogP contribution in [-0.2, 0) is 42.6 Å². The Kier molecular flexibility index (Phi) is 25.3. The van der Waals surface area contributed by atoms with Crippen molar-refractivity contribution in [2.75, 3.05) is 99.1 Å². The highest BCUT2D eigenvalue weighted by Crippen LogP contribution is 2.40. The summed E-state index contributed by atoms with van der Waals surface area (Å²) in [5.41, 5.74) is 12.4. The van der Waals surface area contributed by atoms with Gasteiger partial charge in [-0.3, -0.25) is 0 Å². The average Bonchev–Trinajstić information content (AvgIpc) is 1.62. The predicted molar refractivity (Wildman–Crippen MR) is 369 cm³/mol. The van der Waals surface area contributed by atoms with Crippen LogP contribution in [0.2, 0.25) is 0 Å². The third-order valence-corrected chi connectivity index (χ3v) is 17.8. The van der Waals surface area contributed by atoms with Gasteiger partial charge in [-0.2, -0.15) is 0 Å². The van der Waals surface area contributed by atoms with Gasteiger partial charge in [0.25, 0.3) is 0 Å². The standard InChI is InChI=1S/C74H84N4O24/c79-38-56-63(82)66(85)69(88)72(100-56)97-35-29-91-26-32-94-45-12-6-42(7-13-45)60-50-20-18-48(75-50)59(41-4-2-1-3-5-41)49-19-21-51(76-49)61(43-8-14-46(15-9-43)95-33-27-92-30-36-98-73-70(89)67(86)64(83)57(39-80)101-73)53-23-25-55(78-53)62(54-24-22-52(60)77-54)44-10-16-47(17-11-44)96-34-28-93-31-37-99-74-71(90)68(87)65(84)58(40-81)102-74/h1-25,56-58,63-75,78-90H,26-40H2/t56-,57-,58-,63+,64+,65+,66+,67+,68+,69-,70-,71-,72-,73-,74-/m1/s1. The van der Waals surface area contributed by atoms with E-state index in [9.17, 15) is 61.3 Å². The fraction of sp³-hybridized carbons (Fsp3) is 0.405. The van der Waals surface area contributed by atoms with Gasteiger partial charge in [-0.1, -0.05) is 66.7 Å². The zero-order valence-electron chi connectivity index (χ0n) is 55.4. The maximum absolute atomic E-state index is 10.3. The van der Waals surface area contributed by atoms with Crippen molar-refractivity contribution in [1.29, 1.82) is 0 Å². The van der Waals surface area contributed by atoms with Gasteiger partial charge in [-0.25, -0.2) is 9.97 Å². The van der Waals surface area contributed by atoms with E-state index in [0.29, 0.717) is 40.0 Å². The minimum Gasteiger partial charge on any atom is -0.491 e. The molecule has 102 heavy (non-hydrogen) atoms. The number of nitrogens with one attached hydrogen (secondary N) is 2. The van der Waals surface area contributed by atoms with Crippen molar-refractivity contribution in [3.05, 3.63) is 150 Å². The van der Waals surface area contributed by atoms with E-state index in [-0.39, 0.29) is 79.3 Å². The molecule has 8 bridgehead atoms. The predicted octanol–water partition coefficient (Wildman–Crippen LogP) is 2.96. The number of ether oxygens (including phenoxy) is 12. The molecular formula is C74H84N4O24. The number of rotatable bonds is 31. The number of aromatic amines is 2. The van der Waals surface area contributed by atoms with Gasteiger partial charge in [0.15, 0.2) is 18.9 Å². The van der Waals surface area contributed by atoms with Crippen LogP contribution in [0, 0.1) is 0 Å². The largest absolute Gasteiger partial charge is 0.491 e. The second-order valence-electron chi connectivity index (χ2n) is 24.5. The van der Waals surface area contributed by atoms with E-state index >= 15 is 0 Å². The SMILES string of the molecule is OC[C@H]1O[C@@H](OCCOCCOc2ccc(-c3c4nc(c(-c5ccc(OCCOCCO[C@@H]6O[C@H](CO)[C@H](O)[C@H](O)[C@H]6O)cc5)c5ccc([nH]5)c(-c5ccc(OCCOCCO[C@@H]6O[C@H](CO)[C@H](O)[C@H](O)[C@H]6O)cc5)c5nc(c(-c6ccccc6)c6ccc3[nH]6)C=C5)C=C4)cc2)[C@H](O)[C@@H](O)[C@H]1O. The number of benzene rings is 4. The van der Waals surface area contributed by atoms with E-state index in [2.05, 4.69) is 9.97 Å². The van der Waals surface area contributed by atoms with Crippen molar-refractivity contribution >= 4 is 46.4 Å². The molecule has 0 unspecified atom stereocenters. The lowest BCUT2D eigenvalue weighted by Gasteiger charge is -2.39. The maximum Gasteiger partial charge on any atom is 0.186 e. The van der Waals surface area contributed by atoms with E-state index in [1.54, 1.807) is 0 Å². The Hall–Kier alpha value is -7.96. The lowest BCUT2D eigenvalue weighted by atomic mass is 9.99. The molecule has 3 fully saturated rings. The van der Waals surface area contributed by atoms with Crippen molar-refractivity contribution in [2.24, 2.45) is 0 Å². The maximum atomic E-state index is 10.3. The highest BCUT2D eigenvalue weighted by atomic mass is 16.7. The summed E-state index contributed by atoms with van der Waals surface area (Å²) in [5, 5.41) is 120. The Morgan fingerprint density at radius 3 is 0.833 bits per heavy atom. The van der Waals surface area contributed by atoms with E-state index in [1.807, 2.05) is 152 Å². The highest BCUT2D eigenvalue weighted by Gasteiger charge is 2.46. The lowest BCUT2D eigenvalue weighted by molar-refractivity contribution is -0.302. The summed E-state index contributed by atoms with van der Waals surface area (Å²) in [6, 6.07) is 41.1. The summed E-state index contributed by atoms with van der Waals surface area (Å²) in [6.45, 7) is -0.327. The average molecular weight is 1410 g/mol. The molecule has 0 radical (unpaired) electrons. The molecule has 15 atom stereocenters. The molecule has 544 valence electrons.